The largest absolute Gasteiger partial charge is 0.489 e. The van der Waals surface area contributed by atoms with E-state index >= 15 is 0 Å². The summed E-state index contributed by atoms with van der Waals surface area (Å²) in [6, 6.07) is 1.66. The molecule has 0 aromatic carbocycles. The lowest BCUT2D eigenvalue weighted by Gasteiger charge is -2.08. The highest BCUT2D eigenvalue weighted by Gasteiger charge is 2.12. The number of ether oxygens (including phenoxy) is 2. The average Bonchev–Trinajstić information content (AvgIpc) is 2.65. The van der Waals surface area contributed by atoms with Gasteiger partial charge in [0.05, 0.1) is 6.61 Å². The van der Waals surface area contributed by atoms with Crippen molar-refractivity contribution < 1.29 is 19.4 Å². The second-order valence-corrected chi connectivity index (χ2v) is 4.65. The number of aromatic carboxylic acids is 1. The lowest BCUT2D eigenvalue weighted by atomic mass is 10.2. The number of hydrogen-bond donors (Lipinski definition) is 1. The van der Waals surface area contributed by atoms with Gasteiger partial charge >= 0.3 is 5.97 Å². The van der Waals surface area contributed by atoms with Crippen LogP contribution in [0, 0.1) is 5.92 Å². The zero-order chi connectivity index (χ0) is 12.0. The molecule has 0 saturated heterocycles. The molecule has 90 valence electrons. The van der Waals surface area contributed by atoms with E-state index in [-0.39, 0.29) is 4.88 Å². The Kier molecular flexibility index (Phi) is 5.28. The van der Waals surface area contributed by atoms with Crippen LogP contribution in [0.25, 0.3) is 0 Å². The molecular formula is C11H16O4S. The minimum Gasteiger partial charge on any atom is -0.489 e. The molecule has 0 aliphatic heterocycles. The Labute approximate surface area is 98.8 Å². The summed E-state index contributed by atoms with van der Waals surface area (Å²) in [6.07, 6.45) is 0. The molecule has 0 saturated carbocycles. The van der Waals surface area contributed by atoms with Crippen molar-refractivity contribution in [3.8, 4) is 5.75 Å². The molecule has 1 aromatic rings. The van der Waals surface area contributed by atoms with Gasteiger partial charge < -0.3 is 14.6 Å². The van der Waals surface area contributed by atoms with Gasteiger partial charge in [-0.05, 0) is 17.4 Å². The van der Waals surface area contributed by atoms with Crippen molar-refractivity contribution in [2.45, 2.75) is 13.8 Å². The highest BCUT2D eigenvalue weighted by atomic mass is 32.1. The summed E-state index contributed by atoms with van der Waals surface area (Å²) in [4.78, 5) is 11.0. The zero-order valence-corrected chi connectivity index (χ0v) is 10.3. The number of carboxylic acid groups (broad SMARTS) is 1. The predicted molar refractivity (Wildman–Crippen MR) is 62.4 cm³/mol. The van der Waals surface area contributed by atoms with E-state index in [4.69, 9.17) is 14.6 Å². The SMILES string of the molecule is CC(C)COCCOc1ccsc1C(=O)O. The Balaban J connectivity index is 2.27. The van der Waals surface area contributed by atoms with E-state index in [1.54, 1.807) is 11.4 Å². The summed E-state index contributed by atoms with van der Waals surface area (Å²) < 4.78 is 10.6. The predicted octanol–water partition coefficient (Wildman–Crippen LogP) is 2.50. The maximum atomic E-state index is 10.8. The van der Waals surface area contributed by atoms with Crippen LogP contribution >= 0.6 is 11.3 Å². The Morgan fingerprint density at radius 1 is 1.50 bits per heavy atom. The van der Waals surface area contributed by atoms with E-state index in [1.165, 1.54) is 0 Å². The van der Waals surface area contributed by atoms with Crippen LogP contribution in [0.2, 0.25) is 0 Å². The number of rotatable bonds is 7. The molecule has 0 aliphatic rings. The molecule has 0 spiro atoms. The van der Waals surface area contributed by atoms with E-state index in [0.717, 1.165) is 11.3 Å². The van der Waals surface area contributed by atoms with Gasteiger partial charge in [0.1, 0.15) is 12.4 Å². The molecule has 16 heavy (non-hydrogen) atoms. The first-order valence-electron chi connectivity index (χ1n) is 5.12. The quantitative estimate of drug-likeness (QED) is 0.749. The van der Waals surface area contributed by atoms with Crippen molar-refractivity contribution in [2.24, 2.45) is 5.92 Å². The van der Waals surface area contributed by atoms with Gasteiger partial charge in [-0.1, -0.05) is 13.8 Å². The molecule has 0 bridgehead atoms. The normalized spacial score (nSPS) is 10.7. The van der Waals surface area contributed by atoms with E-state index in [9.17, 15) is 4.79 Å². The maximum absolute atomic E-state index is 10.8. The number of hydrogen-bond acceptors (Lipinski definition) is 4. The van der Waals surface area contributed by atoms with Crippen molar-refractivity contribution in [3.63, 3.8) is 0 Å². The summed E-state index contributed by atoms with van der Waals surface area (Å²) >= 11 is 1.16. The van der Waals surface area contributed by atoms with Crippen LogP contribution in [-0.4, -0.2) is 30.9 Å². The molecule has 0 aliphatic carbocycles. The third-order valence-electron chi connectivity index (χ3n) is 1.76. The molecule has 1 aromatic heterocycles. The van der Waals surface area contributed by atoms with Gasteiger partial charge in [-0.3, -0.25) is 0 Å². The molecule has 0 amide bonds. The van der Waals surface area contributed by atoms with Gasteiger partial charge in [-0.25, -0.2) is 4.79 Å². The fourth-order valence-electron chi connectivity index (χ4n) is 1.10. The molecule has 0 unspecified atom stereocenters. The Bertz CT molecular complexity index is 332. The summed E-state index contributed by atoms with van der Waals surface area (Å²) in [7, 11) is 0. The van der Waals surface area contributed by atoms with Gasteiger partial charge in [-0.15, -0.1) is 11.3 Å². The van der Waals surface area contributed by atoms with E-state index in [1.807, 2.05) is 0 Å². The van der Waals surface area contributed by atoms with Crippen molar-refractivity contribution >= 4 is 17.3 Å². The van der Waals surface area contributed by atoms with Crippen molar-refractivity contribution in [3.05, 3.63) is 16.3 Å². The fraction of sp³-hybridized carbons (Fsp3) is 0.545. The molecule has 0 atom stereocenters. The highest BCUT2D eigenvalue weighted by Crippen LogP contribution is 2.24. The molecule has 0 radical (unpaired) electrons. The van der Waals surface area contributed by atoms with Crippen molar-refractivity contribution in [1.82, 2.24) is 0 Å². The second kappa shape index (κ2) is 6.50. The smallest absolute Gasteiger partial charge is 0.349 e. The molecule has 5 heteroatoms. The Hall–Kier alpha value is -1.07. The average molecular weight is 244 g/mol. The molecular weight excluding hydrogens is 228 g/mol. The van der Waals surface area contributed by atoms with E-state index in [0.29, 0.717) is 31.5 Å². The summed E-state index contributed by atoms with van der Waals surface area (Å²) in [5.74, 6) is -0.0329. The number of thiophene rings is 1. The molecule has 4 nitrogen and oxygen atoms in total. The van der Waals surface area contributed by atoms with Crippen LogP contribution in [0.5, 0.6) is 5.75 Å². The third-order valence-corrected chi connectivity index (χ3v) is 2.64. The summed E-state index contributed by atoms with van der Waals surface area (Å²) in [6.45, 7) is 5.69. The van der Waals surface area contributed by atoms with Gasteiger partial charge in [-0.2, -0.15) is 0 Å². The van der Waals surface area contributed by atoms with Gasteiger partial charge in [0.25, 0.3) is 0 Å². The summed E-state index contributed by atoms with van der Waals surface area (Å²) in [5.41, 5.74) is 0. The molecule has 1 heterocycles. The van der Waals surface area contributed by atoms with Crippen molar-refractivity contribution in [2.75, 3.05) is 19.8 Å². The van der Waals surface area contributed by atoms with Gasteiger partial charge in [0.15, 0.2) is 4.88 Å². The fourth-order valence-corrected chi connectivity index (χ4v) is 1.77. The van der Waals surface area contributed by atoms with E-state index in [2.05, 4.69) is 13.8 Å². The summed E-state index contributed by atoms with van der Waals surface area (Å²) in [5, 5.41) is 10.5. The second-order valence-electron chi connectivity index (χ2n) is 3.74. The monoisotopic (exact) mass is 244 g/mol. The van der Waals surface area contributed by atoms with Crippen LogP contribution < -0.4 is 4.74 Å². The van der Waals surface area contributed by atoms with E-state index < -0.39 is 5.97 Å². The third kappa shape index (κ3) is 4.20. The first kappa shape index (κ1) is 13.0. The number of carboxylic acids is 1. The highest BCUT2D eigenvalue weighted by molar-refractivity contribution is 7.12. The van der Waals surface area contributed by atoms with Crippen LogP contribution in [0.15, 0.2) is 11.4 Å². The van der Waals surface area contributed by atoms with Crippen LogP contribution in [0.4, 0.5) is 0 Å². The van der Waals surface area contributed by atoms with Gasteiger partial charge in [0, 0.05) is 6.61 Å². The number of carbonyl (C=O) groups is 1. The maximum Gasteiger partial charge on any atom is 0.349 e. The minimum atomic E-state index is -0.951. The molecule has 1 rings (SSSR count). The first-order chi connectivity index (χ1) is 7.61. The Morgan fingerprint density at radius 3 is 2.88 bits per heavy atom. The lowest BCUT2D eigenvalue weighted by molar-refractivity contribution is 0.0684. The Morgan fingerprint density at radius 2 is 2.25 bits per heavy atom. The lowest BCUT2D eigenvalue weighted by Crippen LogP contribution is -2.11. The van der Waals surface area contributed by atoms with Gasteiger partial charge in [0.2, 0.25) is 0 Å². The van der Waals surface area contributed by atoms with Crippen molar-refractivity contribution in [1.29, 1.82) is 0 Å². The molecule has 1 N–H and O–H groups in total. The van der Waals surface area contributed by atoms with Crippen LogP contribution in [-0.2, 0) is 4.74 Å². The van der Waals surface area contributed by atoms with Crippen LogP contribution in [0.1, 0.15) is 23.5 Å². The topological polar surface area (TPSA) is 55.8 Å². The first-order valence-corrected chi connectivity index (χ1v) is 6.00. The van der Waals surface area contributed by atoms with Crippen LogP contribution in [0.3, 0.4) is 0 Å². The zero-order valence-electron chi connectivity index (χ0n) is 9.43. The minimum absolute atomic E-state index is 0.240. The molecule has 0 fully saturated rings. The standard InChI is InChI=1S/C11H16O4S/c1-8(2)7-14-4-5-15-9-3-6-16-10(9)11(12)13/h3,6,8H,4-5,7H2,1-2H3,(H,12,13).